The molecule has 1 heterocycles. The Kier molecular flexibility index (Phi) is 5.84. The fraction of sp³-hybridized carbons (Fsp3) is 0.238. The maximum absolute atomic E-state index is 12.4. The first-order valence-electron chi connectivity index (χ1n) is 8.74. The number of nitrogens with zero attached hydrogens (tertiary/aromatic N) is 1. The Bertz CT molecular complexity index is 1020. The Labute approximate surface area is 163 Å². The van der Waals surface area contributed by atoms with E-state index in [1.54, 1.807) is 39.7 Å². The van der Waals surface area contributed by atoms with Gasteiger partial charge in [0.05, 0.1) is 34.0 Å². The van der Waals surface area contributed by atoms with Crippen molar-refractivity contribution in [2.75, 3.05) is 21.3 Å². The molecule has 28 heavy (non-hydrogen) atoms. The Hall–Kier alpha value is -3.48. The third-order valence-electron chi connectivity index (χ3n) is 4.47. The minimum Gasteiger partial charge on any atom is -0.497 e. The van der Waals surface area contributed by atoms with Crippen molar-refractivity contribution in [2.24, 2.45) is 5.10 Å². The summed E-state index contributed by atoms with van der Waals surface area (Å²) in [4.78, 5) is 15.6. The molecule has 1 amide bonds. The van der Waals surface area contributed by atoms with Crippen LogP contribution in [0.4, 0.5) is 0 Å². The van der Waals surface area contributed by atoms with Gasteiger partial charge in [0.1, 0.15) is 5.75 Å². The number of nitrogens with one attached hydrogen (secondary N) is 2. The molecule has 2 aromatic carbocycles. The second kappa shape index (κ2) is 8.47. The minimum atomic E-state index is -0.205. The molecular weight excluding hydrogens is 358 g/mol. The highest BCUT2D eigenvalue weighted by molar-refractivity contribution is 5.91. The van der Waals surface area contributed by atoms with E-state index in [4.69, 9.17) is 14.2 Å². The first-order valence-corrected chi connectivity index (χ1v) is 8.74. The highest BCUT2D eigenvalue weighted by Gasteiger charge is 2.13. The highest BCUT2D eigenvalue weighted by atomic mass is 16.5. The molecule has 0 radical (unpaired) electrons. The van der Waals surface area contributed by atoms with Gasteiger partial charge in [-0.15, -0.1) is 0 Å². The zero-order valence-electron chi connectivity index (χ0n) is 16.3. The number of aromatic amines is 1. The first kappa shape index (κ1) is 19.3. The highest BCUT2D eigenvalue weighted by Crippen LogP contribution is 2.27. The molecule has 7 nitrogen and oxygen atoms in total. The fourth-order valence-electron chi connectivity index (χ4n) is 3.03. The lowest BCUT2D eigenvalue weighted by Gasteiger charge is -2.07. The number of carbonyl (C=O) groups is 1. The number of amides is 1. The van der Waals surface area contributed by atoms with Crippen molar-refractivity contribution in [2.45, 2.75) is 13.3 Å². The zero-order chi connectivity index (χ0) is 20.1. The van der Waals surface area contributed by atoms with Crippen molar-refractivity contribution in [3.05, 3.63) is 53.2 Å². The number of H-pyrrole nitrogens is 1. The van der Waals surface area contributed by atoms with Crippen molar-refractivity contribution in [1.29, 1.82) is 0 Å². The molecule has 2 N–H and O–H groups in total. The number of hydrogen-bond donors (Lipinski definition) is 2. The Morgan fingerprint density at radius 3 is 2.57 bits per heavy atom. The lowest BCUT2D eigenvalue weighted by atomic mass is 10.1. The number of ether oxygens (including phenoxy) is 3. The van der Waals surface area contributed by atoms with Gasteiger partial charge >= 0.3 is 0 Å². The summed E-state index contributed by atoms with van der Waals surface area (Å²) >= 11 is 0. The largest absolute Gasteiger partial charge is 0.497 e. The second-order valence-electron chi connectivity index (χ2n) is 6.22. The number of rotatable bonds is 7. The summed E-state index contributed by atoms with van der Waals surface area (Å²) in [5.41, 5.74) is 6.19. The van der Waals surface area contributed by atoms with Crippen molar-refractivity contribution in [3.8, 4) is 17.2 Å². The molecule has 3 rings (SSSR count). The lowest BCUT2D eigenvalue weighted by molar-refractivity contribution is -0.120. The van der Waals surface area contributed by atoms with Crippen LogP contribution in [0.25, 0.3) is 10.9 Å². The van der Waals surface area contributed by atoms with Crippen LogP contribution in [0, 0.1) is 6.92 Å². The summed E-state index contributed by atoms with van der Waals surface area (Å²) in [6.07, 6.45) is 1.77. The normalized spacial score (nSPS) is 11.0. The summed E-state index contributed by atoms with van der Waals surface area (Å²) in [7, 11) is 4.77. The van der Waals surface area contributed by atoms with Gasteiger partial charge in [-0.3, -0.25) is 4.79 Å². The van der Waals surface area contributed by atoms with Crippen LogP contribution in [0.5, 0.6) is 17.2 Å². The zero-order valence-corrected chi connectivity index (χ0v) is 16.3. The number of benzene rings is 2. The molecule has 0 aliphatic carbocycles. The second-order valence-corrected chi connectivity index (χ2v) is 6.22. The van der Waals surface area contributed by atoms with Crippen LogP contribution in [-0.4, -0.2) is 38.4 Å². The maximum Gasteiger partial charge on any atom is 0.244 e. The van der Waals surface area contributed by atoms with E-state index in [2.05, 4.69) is 15.5 Å². The predicted molar refractivity (Wildman–Crippen MR) is 109 cm³/mol. The number of methoxy groups -OCH3 is 3. The molecule has 0 fully saturated rings. The molecule has 146 valence electrons. The van der Waals surface area contributed by atoms with E-state index in [0.717, 1.165) is 33.5 Å². The summed E-state index contributed by atoms with van der Waals surface area (Å²) in [5, 5.41) is 5.01. The van der Waals surface area contributed by atoms with Crippen LogP contribution in [-0.2, 0) is 11.2 Å². The molecule has 0 aliphatic rings. The third-order valence-corrected chi connectivity index (χ3v) is 4.47. The van der Waals surface area contributed by atoms with Gasteiger partial charge in [-0.1, -0.05) is 0 Å². The van der Waals surface area contributed by atoms with E-state index in [9.17, 15) is 4.79 Å². The molecule has 7 heteroatoms. The number of carbonyl (C=O) groups excluding carboxylic acids is 1. The van der Waals surface area contributed by atoms with Gasteiger partial charge in [0.2, 0.25) is 5.91 Å². The van der Waals surface area contributed by atoms with Gasteiger partial charge in [0.15, 0.2) is 11.5 Å². The van der Waals surface area contributed by atoms with Gasteiger partial charge in [-0.05, 0) is 54.4 Å². The van der Waals surface area contributed by atoms with Gasteiger partial charge < -0.3 is 19.2 Å². The van der Waals surface area contributed by atoms with Crippen LogP contribution < -0.4 is 19.6 Å². The molecule has 0 unspecified atom stereocenters. The molecule has 0 atom stereocenters. The summed E-state index contributed by atoms with van der Waals surface area (Å²) < 4.78 is 15.7. The Morgan fingerprint density at radius 2 is 1.86 bits per heavy atom. The predicted octanol–water partition coefficient (Wildman–Crippen LogP) is 3.19. The van der Waals surface area contributed by atoms with E-state index in [0.29, 0.717) is 11.5 Å². The van der Waals surface area contributed by atoms with Crippen LogP contribution in [0.3, 0.4) is 0 Å². The SMILES string of the molecule is COc1ccc2[nH]c(C)c(CC(=O)N/N=C/c3ccc(OC)c(OC)c3)c2c1. The van der Waals surface area contributed by atoms with E-state index < -0.39 is 0 Å². The molecule has 0 bridgehead atoms. The maximum atomic E-state index is 12.4. The molecule has 3 aromatic rings. The summed E-state index contributed by atoms with van der Waals surface area (Å²) in [6, 6.07) is 11.1. The lowest BCUT2D eigenvalue weighted by Crippen LogP contribution is -2.20. The van der Waals surface area contributed by atoms with Crippen LogP contribution >= 0.6 is 0 Å². The van der Waals surface area contributed by atoms with E-state index in [1.807, 2.05) is 31.2 Å². The number of aromatic nitrogens is 1. The average molecular weight is 381 g/mol. The van der Waals surface area contributed by atoms with Gasteiger partial charge in [-0.25, -0.2) is 5.43 Å². The van der Waals surface area contributed by atoms with Crippen molar-refractivity contribution in [3.63, 3.8) is 0 Å². The molecule has 0 saturated heterocycles. The van der Waals surface area contributed by atoms with Gasteiger partial charge in [-0.2, -0.15) is 5.10 Å². The smallest absolute Gasteiger partial charge is 0.244 e. The number of hydrazone groups is 1. The minimum absolute atomic E-state index is 0.205. The number of aryl methyl sites for hydroxylation is 1. The number of fused-ring (bicyclic) bond motifs is 1. The third kappa shape index (κ3) is 4.09. The summed E-state index contributed by atoms with van der Waals surface area (Å²) in [5.74, 6) is 1.78. The molecule has 0 saturated carbocycles. The monoisotopic (exact) mass is 381 g/mol. The van der Waals surface area contributed by atoms with E-state index in [-0.39, 0.29) is 12.3 Å². The molecule has 1 aromatic heterocycles. The van der Waals surface area contributed by atoms with Crippen molar-refractivity contribution < 1.29 is 19.0 Å². The standard InChI is InChI=1S/C21H23N3O4/c1-13-16(17-10-15(26-2)6-7-18(17)23-13)11-21(25)24-22-12-14-5-8-19(27-3)20(9-14)28-4/h5-10,12,23H,11H2,1-4H3,(H,24,25)/b22-12+. The first-order chi connectivity index (χ1) is 13.5. The van der Waals surface area contributed by atoms with E-state index in [1.165, 1.54) is 0 Å². The molecule has 0 aliphatic heterocycles. The Morgan fingerprint density at radius 1 is 1.07 bits per heavy atom. The molecule has 0 spiro atoms. The van der Waals surface area contributed by atoms with Crippen molar-refractivity contribution in [1.82, 2.24) is 10.4 Å². The van der Waals surface area contributed by atoms with E-state index >= 15 is 0 Å². The topological polar surface area (TPSA) is 84.9 Å². The quantitative estimate of drug-likeness (QED) is 0.486. The fourth-order valence-corrected chi connectivity index (χ4v) is 3.03. The van der Waals surface area contributed by atoms with Crippen LogP contribution in [0.15, 0.2) is 41.5 Å². The Balaban J connectivity index is 1.70. The average Bonchev–Trinajstić information content (AvgIpc) is 3.02. The number of hydrogen-bond acceptors (Lipinski definition) is 5. The van der Waals surface area contributed by atoms with Crippen molar-refractivity contribution >= 4 is 23.0 Å². The van der Waals surface area contributed by atoms with Crippen LogP contribution in [0.1, 0.15) is 16.8 Å². The van der Waals surface area contributed by atoms with Gasteiger partial charge in [0, 0.05) is 16.6 Å². The van der Waals surface area contributed by atoms with Gasteiger partial charge in [0.25, 0.3) is 0 Å². The summed E-state index contributed by atoms with van der Waals surface area (Å²) in [6.45, 7) is 1.95. The molecular formula is C21H23N3O4. The van der Waals surface area contributed by atoms with Crippen LogP contribution in [0.2, 0.25) is 0 Å².